The molecule has 1 aliphatic rings. The Kier molecular flexibility index (Phi) is 3.64. The van der Waals surface area contributed by atoms with Gasteiger partial charge in [0, 0.05) is 22.8 Å². The van der Waals surface area contributed by atoms with Crippen molar-refractivity contribution in [3.8, 4) is 0 Å². The number of anilines is 1. The Morgan fingerprint density at radius 3 is 2.59 bits per heavy atom. The van der Waals surface area contributed by atoms with Crippen molar-refractivity contribution in [3.05, 3.63) is 29.3 Å². The maximum absolute atomic E-state index is 5.94. The molecule has 1 atom stereocenters. The molecule has 2 nitrogen and oxygen atoms in total. The summed E-state index contributed by atoms with van der Waals surface area (Å²) in [6, 6.07) is 8.18. The lowest BCUT2D eigenvalue weighted by atomic mass is 9.96. The van der Waals surface area contributed by atoms with Crippen molar-refractivity contribution in [1.29, 1.82) is 0 Å². The first kappa shape index (κ1) is 12.7. The fourth-order valence-electron chi connectivity index (χ4n) is 2.89. The van der Waals surface area contributed by atoms with Crippen LogP contribution in [0.1, 0.15) is 20.3 Å². The summed E-state index contributed by atoms with van der Waals surface area (Å²) in [5.41, 5.74) is 1.51. The second-order valence-corrected chi connectivity index (χ2v) is 5.96. The fourth-order valence-corrected chi connectivity index (χ4v) is 3.01. The van der Waals surface area contributed by atoms with Gasteiger partial charge in [0.2, 0.25) is 0 Å². The molecule has 2 rings (SSSR count). The van der Waals surface area contributed by atoms with Crippen molar-refractivity contribution in [3.63, 3.8) is 0 Å². The number of rotatable bonds is 3. The zero-order valence-electron chi connectivity index (χ0n) is 10.8. The molecule has 0 aliphatic carbocycles. The molecule has 1 fully saturated rings. The number of hydrogen-bond donors (Lipinski definition) is 1. The molecule has 1 aromatic rings. The Balaban J connectivity index is 2.17. The van der Waals surface area contributed by atoms with Crippen LogP contribution in [0.3, 0.4) is 0 Å². The molecule has 3 heteroatoms. The molecule has 0 saturated carbocycles. The standard InChI is InChI=1S/C14H21ClN2/c1-14(2)8-11(9-16-3)10-17(14)13-6-4-12(15)5-7-13/h4-7,11,16H,8-10H2,1-3H3. The largest absolute Gasteiger partial charge is 0.366 e. The van der Waals surface area contributed by atoms with E-state index in [9.17, 15) is 0 Å². The summed E-state index contributed by atoms with van der Waals surface area (Å²) < 4.78 is 0. The van der Waals surface area contributed by atoms with Crippen molar-refractivity contribution in [2.75, 3.05) is 25.0 Å². The van der Waals surface area contributed by atoms with Crippen LogP contribution >= 0.6 is 11.6 Å². The van der Waals surface area contributed by atoms with Crippen molar-refractivity contribution in [1.82, 2.24) is 5.32 Å². The minimum atomic E-state index is 0.231. The zero-order valence-corrected chi connectivity index (χ0v) is 11.6. The summed E-state index contributed by atoms with van der Waals surface area (Å²) in [6.45, 7) is 6.84. The van der Waals surface area contributed by atoms with Crippen molar-refractivity contribution in [2.45, 2.75) is 25.8 Å². The number of hydrogen-bond acceptors (Lipinski definition) is 2. The fraction of sp³-hybridized carbons (Fsp3) is 0.571. The first-order valence-electron chi connectivity index (χ1n) is 6.21. The molecule has 1 aromatic carbocycles. The predicted molar refractivity (Wildman–Crippen MR) is 74.9 cm³/mol. The van der Waals surface area contributed by atoms with Gasteiger partial charge in [0.15, 0.2) is 0 Å². The van der Waals surface area contributed by atoms with E-state index in [0.29, 0.717) is 0 Å². The molecule has 1 saturated heterocycles. The quantitative estimate of drug-likeness (QED) is 0.889. The van der Waals surface area contributed by atoms with Crippen LogP contribution in [0, 0.1) is 5.92 Å². The van der Waals surface area contributed by atoms with Crippen LogP contribution in [-0.4, -0.2) is 25.7 Å². The molecule has 0 bridgehead atoms. The molecule has 1 aliphatic heterocycles. The summed E-state index contributed by atoms with van der Waals surface area (Å²) in [5, 5.41) is 4.08. The SMILES string of the molecule is CNCC1CN(c2ccc(Cl)cc2)C(C)(C)C1. The summed E-state index contributed by atoms with van der Waals surface area (Å²) in [7, 11) is 2.03. The van der Waals surface area contributed by atoms with Gasteiger partial charge in [-0.3, -0.25) is 0 Å². The highest BCUT2D eigenvalue weighted by Gasteiger charge is 2.37. The van der Waals surface area contributed by atoms with Gasteiger partial charge in [-0.1, -0.05) is 11.6 Å². The van der Waals surface area contributed by atoms with Gasteiger partial charge in [-0.2, -0.15) is 0 Å². The van der Waals surface area contributed by atoms with E-state index in [1.165, 1.54) is 12.1 Å². The van der Waals surface area contributed by atoms with Gasteiger partial charge in [0.25, 0.3) is 0 Å². The highest BCUT2D eigenvalue weighted by molar-refractivity contribution is 6.30. The molecular weight excluding hydrogens is 232 g/mol. The van der Waals surface area contributed by atoms with Crippen LogP contribution < -0.4 is 10.2 Å². The van der Waals surface area contributed by atoms with E-state index in [0.717, 1.165) is 24.0 Å². The van der Waals surface area contributed by atoms with Gasteiger partial charge in [0.1, 0.15) is 0 Å². The Bertz CT molecular complexity index is 372. The molecule has 0 radical (unpaired) electrons. The van der Waals surface area contributed by atoms with Crippen LogP contribution in [-0.2, 0) is 0 Å². The van der Waals surface area contributed by atoms with E-state index >= 15 is 0 Å². The monoisotopic (exact) mass is 252 g/mol. The van der Waals surface area contributed by atoms with Crippen molar-refractivity contribution < 1.29 is 0 Å². The van der Waals surface area contributed by atoms with E-state index in [-0.39, 0.29) is 5.54 Å². The Morgan fingerprint density at radius 1 is 1.35 bits per heavy atom. The molecule has 1 heterocycles. The van der Waals surface area contributed by atoms with Crippen LogP contribution in [0.25, 0.3) is 0 Å². The topological polar surface area (TPSA) is 15.3 Å². The lowest BCUT2D eigenvalue weighted by Gasteiger charge is -2.33. The van der Waals surface area contributed by atoms with Gasteiger partial charge >= 0.3 is 0 Å². The minimum Gasteiger partial charge on any atom is -0.366 e. The molecule has 0 aromatic heterocycles. The van der Waals surface area contributed by atoms with Gasteiger partial charge in [-0.05, 0) is 64.0 Å². The average Bonchev–Trinajstić information content (AvgIpc) is 2.55. The van der Waals surface area contributed by atoms with E-state index in [1.54, 1.807) is 0 Å². The third-order valence-electron chi connectivity index (χ3n) is 3.59. The van der Waals surface area contributed by atoms with Crippen molar-refractivity contribution in [2.24, 2.45) is 5.92 Å². The Hall–Kier alpha value is -0.730. The van der Waals surface area contributed by atoms with Gasteiger partial charge in [0.05, 0.1) is 0 Å². The first-order chi connectivity index (χ1) is 8.03. The van der Waals surface area contributed by atoms with Crippen LogP contribution in [0.15, 0.2) is 24.3 Å². The second-order valence-electron chi connectivity index (χ2n) is 5.53. The van der Waals surface area contributed by atoms with Gasteiger partial charge in [-0.25, -0.2) is 0 Å². The average molecular weight is 253 g/mol. The predicted octanol–water partition coefficient (Wildman–Crippen LogP) is 3.16. The van der Waals surface area contributed by atoms with E-state index in [4.69, 9.17) is 11.6 Å². The molecule has 94 valence electrons. The molecule has 0 spiro atoms. The summed E-state index contributed by atoms with van der Waals surface area (Å²) in [6.07, 6.45) is 1.23. The molecular formula is C14H21ClN2. The zero-order chi connectivity index (χ0) is 12.5. The molecule has 0 amide bonds. The van der Waals surface area contributed by atoms with Crippen molar-refractivity contribution >= 4 is 17.3 Å². The highest BCUT2D eigenvalue weighted by Crippen LogP contribution is 2.36. The van der Waals surface area contributed by atoms with Gasteiger partial charge < -0.3 is 10.2 Å². The first-order valence-corrected chi connectivity index (χ1v) is 6.58. The number of benzene rings is 1. The second kappa shape index (κ2) is 4.87. The lowest BCUT2D eigenvalue weighted by molar-refractivity contribution is 0.462. The normalized spacial score (nSPS) is 23.1. The smallest absolute Gasteiger partial charge is 0.0407 e. The van der Waals surface area contributed by atoms with Crippen LogP contribution in [0.4, 0.5) is 5.69 Å². The highest BCUT2D eigenvalue weighted by atomic mass is 35.5. The van der Waals surface area contributed by atoms with Gasteiger partial charge in [-0.15, -0.1) is 0 Å². The third-order valence-corrected chi connectivity index (χ3v) is 3.84. The lowest BCUT2D eigenvalue weighted by Crippen LogP contribution is -2.38. The van der Waals surface area contributed by atoms with E-state index in [2.05, 4.69) is 36.2 Å². The van der Waals surface area contributed by atoms with Crippen LogP contribution in [0.5, 0.6) is 0 Å². The Morgan fingerprint density at radius 2 is 2.00 bits per heavy atom. The summed E-state index contributed by atoms with van der Waals surface area (Å²) >= 11 is 5.94. The molecule has 1 N–H and O–H groups in total. The van der Waals surface area contributed by atoms with E-state index < -0.39 is 0 Å². The molecule has 1 unspecified atom stereocenters. The minimum absolute atomic E-state index is 0.231. The maximum atomic E-state index is 5.94. The number of halogens is 1. The maximum Gasteiger partial charge on any atom is 0.0407 e. The number of nitrogens with zero attached hydrogens (tertiary/aromatic N) is 1. The summed E-state index contributed by atoms with van der Waals surface area (Å²) in [4.78, 5) is 2.49. The molecule has 17 heavy (non-hydrogen) atoms. The van der Waals surface area contributed by atoms with E-state index in [1.807, 2.05) is 19.2 Å². The number of nitrogens with one attached hydrogen (secondary N) is 1. The van der Waals surface area contributed by atoms with Crippen LogP contribution in [0.2, 0.25) is 5.02 Å². The Labute approximate surface area is 109 Å². The third kappa shape index (κ3) is 2.75. The summed E-state index contributed by atoms with van der Waals surface area (Å²) in [5.74, 6) is 0.727.